The zero-order valence-electron chi connectivity index (χ0n) is 18.5. The van der Waals surface area contributed by atoms with E-state index in [0.29, 0.717) is 10.8 Å². The van der Waals surface area contributed by atoms with Crippen LogP contribution in [0, 0.1) is 12.7 Å². The van der Waals surface area contributed by atoms with Crippen LogP contribution < -0.4 is 10.6 Å². The van der Waals surface area contributed by atoms with Gasteiger partial charge in [-0.2, -0.15) is 0 Å². The highest BCUT2D eigenvalue weighted by Gasteiger charge is 2.17. The number of rotatable bonds is 7. The summed E-state index contributed by atoms with van der Waals surface area (Å²) in [4.78, 5) is 30.3. The minimum atomic E-state index is -0.571. The van der Waals surface area contributed by atoms with Gasteiger partial charge in [0.25, 0.3) is 5.91 Å². The summed E-state index contributed by atoms with van der Waals surface area (Å²) in [5.41, 5.74) is 3.54. The van der Waals surface area contributed by atoms with E-state index >= 15 is 0 Å². The molecule has 4 rings (SSSR count). The Bertz CT molecular complexity index is 1300. The summed E-state index contributed by atoms with van der Waals surface area (Å²) in [7, 11) is 0. The van der Waals surface area contributed by atoms with Crippen LogP contribution in [0.5, 0.6) is 0 Å². The molecule has 0 bridgehead atoms. The van der Waals surface area contributed by atoms with E-state index in [1.807, 2.05) is 55.6 Å². The van der Waals surface area contributed by atoms with Gasteiger partial charge in [0.15, 0.2) is 5.13 Å². The van der Waals surface area contributed by atoms with E-state index in [-0.39, 0.29) is 16.7 Å². The number of nitrogens with zero attached hydrogens (tertiary/aromatic N) is 1. The van der Waals surface area contributed by atoms with Crippen molar-refractivity contribution < 1.29 is 14.0 Å². The maximum absolute atomic E-state index is 13.8. The molecule has 0 aliphatic heterocycles. The molecule has 1 atom stereocenters. The van der Waals surface area contributed by atoms with Gasteiger partial charge < -0.3 is 10.6 Å². The molecule has 2 N–H and O–H groups in total. The van der Waals surface area contributed by atoms with E-state index in [1.165, 1.54) is 46.9 Å². The molecule has 4 aromatic rings. The molecule has 1 aromatic heterocycles. The Labute approximate surface area is 205 Å². The zero-order valence-corrected chi connectivity index (χ0v) is 20.2. The highest BCUT2D eigenvalue weighted by atomic mass is 32.2. The second-order valence-corrected chi connectivity index (χ2v) is 9.88. The SMILES string of the molecule is Cc1ccc(-c2csc(NC(=O)C(C)Sc3ccc(NC(=O)c4ccccc4F)cc3)n2)cc1. The molecule has 1 unspecified atom stereocenters. The van der Waals surface area contributed by atoms with Crippen LogP contribution in [-0.4, -0.2) is 22.0 Å². The van der Waals surface area contributed by atoms with Crippen molar-refractivity contribution in [2.45, 2.75) is 24.0 Å². The lowest BCUT2D eigenvalue weighted by atomic mass is 10.1. The Balaban J connectivity index is 1.32. The van der Waals surface area contributed by atoms with Gasteiger partial charge in [-0.3, -0.25) is 9.59 Å². The van der Waals surface area contributed by atoms with E-state index in [4.69, 9.17) is 0 Å². The van der Waals surface area contributed by atoms with Crippen molar-refractivity contribution >= 4 is 45.7 Å². The molecule has 2 amide bonds. The molecule has 0 spiro atoms. The number of carbonyl (C=O) groups excluding carboxylic acids is 2. The lowest BCUT2D eigenvalue weighted by Gasteiger charge is -2.11. The van der Waals surface area contributed by atoms with Crippen molar-refractivity contribution in [3.63, 3.8) is 0 Å². The molecule has 8 heteroatoms. The number of thiazole rings is 1. The molecule has 34 heavy (non-hydrogen) atoms. The van der Waals surface area contributed by atoms with Gasteiger partial charge in [-0.1, -0.05) is 42.0 Å². The first-order valence-electron chi connectivity index (χ1n) is 10.5. The topological polar surface area (TPSA) is 71.1 Å². The van der Waals surface area contributed by atoms with Crippen LogP contribution in [-0.2, 0) is 4.79 Å². The number of halogens is 1. The molecule has 0 aliphatic rings. The predicted molar refractivity (Wildman–Crippen MR) is 137 cm³/mol. The molecule has 0 fully saturated rings. The van der Waals surface area contributed by atoms with Gasteiger partial charge >= 0.3 is 0 Å². The van der Waals surface area contributed by atoms with E-state index in [9.17, 15) is 14.0 Å². The van der Waals surface area contributed by atoms with Gasteiger partial charge in [-0.25, -0.2) is 9.37 Å². The summed E-state index contributed by atoms with van der Waals surface area (Å²) in [6.45, 7) is 3.85. The molecule has 0 radical (unpaired) electrons. The number of nitrogens with one attached hydrogen (secondary N) is 2. The van der Waals surface area contributed by atoms with Crippen molar-refractivity contribution in [2.24, 2.45) is 0 Å². The van der Waals surface area contributed by atoms with Gasteiger partial charge in [0.2, 0.25) is 5.91 Å². The van der Waals surface area contributed by atoms with Gasteiger partial charge in [-0.05, 0) is 50.2 Å². The largest absolute Gasteiger partial charge is 0.322 e. The monoisotopic (exact) mass is 491 g/mol. The van der Waals surface area contributed by atoms with Crippen LogP contribution in [0.3, 0.4) is 0 Å². The van der Waals surface area contributed by atoms with Gasteiger partial charge in [0, 0.05) is 21.5 Å². The predicted octanol–water partition coefficient (Wildman–Crippen LogP) is 6.63. The quantitative estimate of drug-likeness (QED) is 0.285. The molecule has 172 valence electrons. The number of hydrogen-bond acceptors (Lipinski definition) is 5. The van der Waals surface area contributed by atoms with E-state index in [2.05, 4.69) is 15.6 Å². The fraction of sp³-hybridized carbons (Fsp3) is 0.115. The van der Waals surface area contributed by atoms with Crippen molar-refractivity contribution in [2.75, 3.05) is 10.6 Å². The van der Waals surface area contributed by atoms with Crippen molar-refractivity contribution in [1.82, 2.24) is 4.98 Å². The molecule has 3 aromatic carbocycles. The zero-order chi connectivity index (χ0) is 24.1. The van der Waals surface area contributed by atoms with Crippen LogP contribution >= 0.6 is 23.1 Å². The highest BCUT2D eigenvalue weighted by molar-refractivity contribution is 8.00. The number of carbonyl (C=O) groups is 2. The lowest BCUT2D eigenvalue weighted by Crippen LogP contribution is -2.22. The maximum atomic E-state index is 13.8. The summed E-state index contributed by atoms with van der Waals surface area (Å²) < 4.78 is 13.8. The smallest absolute Gasteiger partial charge is 0.258 e. The van der Waals surface area contributed by atoms with E-state index in [1.54, 1.807) is 18.2 Å². The summed E-state index contributed by atoms with van der Waals surface area (Å²) >= 11 is 2.78. The second-order valence-electron chi connectivity index (χ2n) is 7.61. The van der Waals surface area contributed by atoms with Gasteiger partial charge in [0.05, 0.1) is 16.5 Å². The Morgan fingerprint density at radius 3 is 2.38 bits per heavy atom. The third-order valence-corrected chi connectivity index (χ3v) is 6.86. The van der Waals surface area contributed by atoms with Crippen LogP contribution in [0.25, 0.3) is 11.3 Å². The third kappa shape index (κ3) is 5.89. The average molecular weight is 492 g/mol. The first-order chi connectivity index (χ1) is 16.4. The number of aromatic nitrogens is 1. The Morgan fingerprint density at radius 1 is 0.971 bits per heavy atom. The summed E-state index contributed by atoms with van der Waals surface area (Å²) in [6.07, 6.45) is 0. The third-order valence-electron chi connectivity index (χ3n) is 4.99. The van der Waals surface area contributed by atoms with Crippen LogP contribution in [0.1, 0.15) is 22.8 Å². The fourth-order valence-corrected chi connectivity index (χ4v) is 4.70. The number of thioether (sulfide) groups is 1. The van der Waals surface area contributed by atoms with Gasteiger partial charge in [-0.15, -0.1) is 23.1 Å². The van der Waals surface area contributed by atoms with E-state index < -0.39 is 11.7 Å². The number of anilines is 2. The molecule has 1 heterocycles. The Morgan fingerprint density at radius 2 is 1.68 bits per heavy atom. The van der Waals surface area contributed by atoms with E-state index in [0.717, 1.165) is 16.2 Å². The normalized spacial score (nSPS) is 11.6. The number of aryl methyl sites for hydroxylation is 1. The number of benzene rings is 3. The fourth-order valence-electron chi connectivity index (χ4n) is 3.11. The Hall–Kier alpha value is -3.49. The molecule has 5 nitrogen and oxygen atoms in total. The summed E-state index contributed by atoms with van der Waals surface area (Å²) in [5.74, 6) is -1.23. The second kappa shape index (κ2) is 10.6. The molecule has 0 saturated carbocycles. The first kappa shape index (κ1) is 23.7. The number of hydrogen-bond donors (Lipinski definition) is 2. The van der Waals surface area contributed by atoms with Crippen molar-refractivity contribution in [3.8, 4) is 11.3 Å². The maximum Gasteiger partial charge on any atom is 0.258 e. The molecule has 0 aliphatic carbocycles. The van der Waals surface area contributed by atoms with Gasteiger partial charge in [0.1, 0.15) is 5.82 Å². The molecular formula is C26H22FN3O2S2. The average Bonchev–Trinajstić information content (AvgIpc) is 3.29. The van der Waals surface area contributed by atoms with Crippen LogP contribution in [0.2, 0.25) is 0 Å². The summed E-state index contributed by atoms with van der Waals surface area (Å²) in [5, 5.41) is 7.68. The standard InChI is InChI=1S/C26H22FN3O2S2/c1-16-7-9-18(10-8-16)23-15-33-26(29-23)30-24(31)17(2)34-20-13-11-19(12-14-20)28-25(32)21-5-3-4-6-22(21)27/h3-15,17H,1-2H3,(H,28,32)(H,29,30,31). The highest BCUT2D eigenvalue weighted by Crippen LogP contribution is 2.28. The number of amides is 2. The van der Waals surface area contributed by atoms with Crippen LogP contribution in [0.4, 0.5) is 15.2 Å². The lowest BCUT2D eigenvalue weighted by molar-refractivity contribution is -0.115. The first-order valence-corrected chi connectivity index (χ1v) is 12.3. The minimum absolute atomic E-state index is 0.0148. The molecule has 0 saturated heterocycles. The van der Waals surface area contributed by atoms with Crippen molar-refractivity contribution in [3.05, 3.63) is 95.1 Å². The summed E-state index contributed by atoms with van der Waals surface area (Å²) in [6, 6.07) is 21.0. The minimum Gasteiger partial charge on any atom is -0.322 e. The Kier molecular flexibility index (Phi) is 7.40. The molecular weight excluding hydrogens is 469 g/mol. The van der Waals surface area contributed by atoms with Crippen LogP contribution in [0.15, 0.2) is 83.1 Å². The van der Waals surface area contributed by atoms with Crippen molar-refractivity contribution in [1.29, 1.82) is 0 Å².